The highest BCUT2D eigenvalue weighted by Gasteiger charge is 2.10. The van der Waals surface area contributed by atoms with Gasteiger partial charge >= 0.3 is 5.97 Å². The van der Waals surface area contributed by atoms with E-state index in [1.807, 2.05) is 13.0 Å². The number of allylic oxidation sites excluding steroid dienone is 1. The molecule has 1 aliphatic carbocycles. The van der Waals surface area contributed by atoms with Crippen LogP contribution >= 0.6 is 0 Å². The maximum absolute atomic E-state index is 11.0. The van der Waals surface area contributed by atoms with Crippen LogP contribution in [0.4, 0.5) is 0 Å². The van der Waals surface area contributed by atoms with Crippen LogP contribution in [0.15, 0.2) is 36.4 Å². The second-order valence-electron chi connectivity index (χ2n) is 6.39. The molecule has 0 aromatic heterocycles. The van der Waals surface area contributed by atoms with Crippen LogP contribution < -0.4 is 0 Å². The number of benzene rings is 2. The summed E-state index contributed by atoms with van der Waals surface area (Å²) in [6, 6.07) is 12.1. The maximum Gasteiger partial charge on any atom is 0.335 e. The molecule has 0 saturated heterocycles. The van der Waals surface area contributed by atoms with Crippen LogP contribution in [0.5, 0.6) is 0 Å². The third-order valence-electron chi connectivity index (χ3n) is 4.69. The number of rotatable bonds is 3. The predicted molar refractivity (Wildman–Crippen MR) is 94.8 cm³/mol. The smallest absolute Gasteiger partial charge is 0.335 e. The maximum atomic E-state index is 11.0. The standard InChI is InChI=1S/C21H22O2/c1-14(11-17-9-10-20(21(22)23)12-15(17)2)18-8-7-16-5-3-4-6-19(16)13-18/h7-13H,3-6H2,1-2H3,(H,22,23)/b14-11+. The fourth-order valence-corrected chi connectivity index (χ4v) is 3.27. The van der Waals surface area contributed by atoms with Gasteiger partial charge in [0.2, 0.25) is 0 Å². The first-order chi connectivity index (χ1) is 11.0. The Kier molecular flexibility index (Phi) is 4.33. The van der Waals surface area contributed by atoms with E-state index < -0.39 is 5.97 Å². The first kappa shape index (κ1) is 15.5. The van der Waals surface area contributed by atoms with Crippen LogP contribution in [0.1, 0.15) is 57.9 Å². The van der Waals surface area contributed by atoms with Gasteiger partial charge in [-0.05, 0) is 85.1 Å². The topological polar surface area (TPSA) is 37.3 Å². The summed E-state index contributed by atoms with van der Waals surface area (Å²) in [5, 5.41) is 9.06. The molecule has 0 aliphatic heterocycles. The largest absolute Gasteiger partial charge is 0.478 e. The number of hydrogen-bond acceptors (Lipinski definition) is 1. The lowest BCUT2D eigenvalue weighted by Gasteiger charge is -2.17. The summed E-state index contributed by atoms with van der Waals surface area (Å²) in [7, 11) is 0. The van der Waals surface area contributed by atoms with E-state index in [0.29, 0.717) is 5.56 Å². The van der Waals surface area contributed by atoms with E-state index in [2.05, 4.69) is 31.2 Å². The Balaban J connectivity index is 1.92. The molecule has 0 unspecified atom stereocenters. The van der Waals surface area contributed by atoms with Crippen LogP contribution in [-0.2, 0) is 12.8 Å². The minimum Gasteiger partial charge on any atom is -0.478 e. The molecule has 2 aromatic carbocycles. The highest BCUT2D eigenvalue weighted by molar-refractivity contribution is 5.89. The molecule has 0 spiro atoms. The second kappa shape index (κ2) is 6.41. The molecule has 0 heterocycles. The first-order valence-corrected chi connectivity index (χ1v) is 8.19. The van der Waals surface area contributed by atoms with E-state index >= 15 is 0 Å². The average molecular weight is 306 g/mol. The Bertz CT molecular complexity index is 784. The van der Waals surface area contributed by atoms with Crippen LogP contribution in [-0.4, -0.2) is 11.1 Å². The van der Waals surface area contributed by atoms with Gasteiger partial charge in [0.1, 0.15) is 0 Å². The van der Waals surface area contributed by atoms with Crippen LogP contribution in [0.3, 0.4) is 0 Å². The minimum atomic E-state index is -0.880. The Labute approximate surface area is 137 Å². The SMILES string of the molecule is C/C(=C\c1ccc(C(=O)O)cc1C)c1ccc2c(c1)CCCC2. The molecule has 118 valence electrons. The van der Waals surface area contributed by atoms with Gasteiger partial charge in [-0.15, -0.1) is 0 Å². The summed E-state index contributed by atoms with van der Waals surface area (Å²) in [4.78, 5) is 11.0. The van der Waals surface area contributed by atoms with Gasteiger partial charge < -0.3 is 5.11 Å². The molecule has 0 atom stereocenters. The normalized spacial score (nSPS) is 14.4. The molecular weight excluding hydrogens is 284 g/mol. The molecule has 0 fully saturated rings. The van der Waals surface area contributed by atoms with Crippen molar-refractivity contribution in [3.63, 3.8) is 0 Å². The molecule has 2 heteroatoms. The van der Waals surface area contributed by atoms with Crippen molar-refractivity contribution >= 4 is 17.6 Å². The zero-order valence-corrected chi connectivity index (χ0v) is 13.7. The molecule has 0 bridgehead atoms. The number of aromatic carboxylic acids is 1. The quantitative estimate of drug-likeness (QED) is 0.798. The van der Waals surface area contributed by atoms with Crippen molar-refractivity contribution in [1.29, 1.82) is 0 Å². The van der Waals surface area contributed by atoms with Gasteiger partial charge in [0.25, 0.3) is 0 Å². The number of aryl methyl sites for hydroxylation is 3. The van der Waals surface area contributed by atoms with Gasteiger partial charge in [0.15, 0.2) is 0 Å². The van der Waals surface area contributed by atoms with E-state index in [1.54, 1.807) is 12.1 Å². The van der Waals surface area contributed by atoms with Gasteiger partial charge in [-0.3, -0.25) is 0 Å². The zero-order chi connectivity index (χ0) is 16.4. The predicted octanol–water partition coefficient (Wildman–Crippen LogP) is 5.13. The lowest BCUT2D eigenvalue weighted by atomic mass is 9.89. The summed E-state index contributed by atoms with van der Waals surface area (Å²) in [5.41, 5.74) is 7.85. The Morgan fingerprint density at radius 2 is 1.70 bits per heavy atom. The van der Waals surface area contributed by atoms with Crippen molar-refractivity contribution in [1.82, 2.24) is 0 Å². The summed E-state index contributed by atoms with van der Waals surface area (Å²) >= 11 is 0. The van der Waals surface area contributed by atoms with E-state index in [9.17, 15) is 4.79 Å². The number of carbonyl (C=O) groups is 1. The molecule has 0 saturated carbocycles. The fraction of sp³-hybridized carbons (Fsp3) is 0.286. The van der Waals surface area contributed by atoms with Gasteiger partial charge in [-0.2, -0.15) is 0 Å². The van der Waals surface area contributed by atoms with Crippen LogP contribution in [0.2, 0.25) is 0 Å². The van der Waals surface area contributed by atoms with Gasteiger partial charge in [-0.25, -0.2) is 4.79 Å². The monoisotopic (exact) mass is 306 g/mol. The van der Waals surface area contributed by atoms with Gasteiger partial charge in [0, 0.05) is 0 Å². The lowest BCUT2D eigenvalue weighted by molar-refractivity contribution is 0.0697. The molecule has 0 amide bonds. The fourth-order valence-electron chi connectivity index (χ4n) is 3.27. The molecule has 1 aliphatic rings. The number of hydrogen-bond donors (Lipinski definition) is 1. The molecule has 2 aromatic rings. The summed E-state index contributed by atoms with van der Waals surface area (Å²) in [6.45, 7) is 4.08. The Morgan fingerprint density at radius 3 is 2.39 bits per heavy atom. The van der Waals surface area contributed by atoms with Crippen molar-refractivity contribution in [2.24, 2.45) is 0 Å². The minimum absolute atomic E-state index is 0.339. The van der Waals surface area contributed by atoms with Crippen molar-refractivity contribution in [3.05, 3.63) is 69.8 Å². The third-order valence-corrected chi connectivity index (χ3v) is 4.69. The zero-order valence-electron chi connectivity index (χ0n) is 13.7. The Morgan fingerprint density at radius 1 is 1.00 bits per heavy atom. The number of fused-ring (bicyclic) bond motifs is 1. The summed E-state index contributed by atoms with van der Waals surface area (Å²) in [5.74, 6) is -0.880. The molecule has 3 rings (SSSR count). The van der Waals surface area contributed by atoms with Crippen LogP contribution in [0, 0.1) is 6.92 Å². The average Bonchev–Trinajstić information content (AvgIpc) is 2.56. The highest BCUT2D eigenvalue weighted by atomic mass is 16.4. The third kappa shape index (κ3) is 3.37. The second-order valence-corrected chi connectivity index (χ2v) is 6.39. The van der Waals surface area contributed by atoms with E-state index in [1.165, 1.54) is 47.9 Å². The highest BCUT2D eigenvalue weighted by Crippen LogP contribution is 2.26. The number of carboxylic acid groups (broad SMARTS) is 1. The summed E-state index contributed by atoms with van der Waals surface area (Å²) < 4.78 is 0. The van der Waals surface area contributed by atoms with Crippen LogP contribution in [0.25, 0.3) is 11.6 Å². The van der Waals surface area contributed by atoms with E-state index in [0.717, 1.165) is 11.1 Å². The molecule has 1 N–H and O–H groups in total. The van der Waals surface area contributed by atoms with Crippen molar-refractivity contribution in [2.75, 3.05) is 0 Å². The first-order valence-electron chi connectivity index (χ1n) is 8.19. The molecule has 0 radical (unpaired) electrons. The van der Waals surface area contributed by atoms with Crippen molar-refractivity contribution in [3.8, 4) is 0 Å². The van der Waals surface area contributed by atoms with Gasteiger partial charge in [-0.1, -0.05) is 30.3 Å². The van der Waals surface area contributed by atoms with Gasteiger partial charge in [0.05, 0.1) is 5.56 Å². The molecule has 2 nitrogen and oxygen atoms in total. The van der Waals surface area contributed by atoms with E-state index in [-0.39, 0.29) is 0 Å². The van der Waals surface area contributed by atoms with Crippen molar-refractivity contribution in [2.45, 2.75) is 39.5 Å². The van der Waals surface area contributed by atoms with E-state index in [4.69, 9.17) is 5.11 Å². The molecular formula is C21H22O2. The number of carboxylic acids is 1. The summed E-state index contributed by atoms with van der Waals surface area (Å²) in [6.07, 6.45) is 7.12. The molecule has 23 heavy (non-hydrogen) atoms. The lowest BCUT2D eigenvalue weighted by Crippen LogP contribution is -2.02. The Hall–Kier alpha value is -2.35. The van der Waals surface area contributed by atoms with Crippen molar-refractivity contribution < 1.29 is 9.90 Å².